The molecule has 3 N–H and O–H groups in total. The number of phenolic OH excluding ortho intramolecular Hbond substituents is 3. The van der Waals surface area contributed by atoms with Crippen LogP contribution in [0.5, 0.6) is 17.2 Å². The minimum Gasteiger partial charge on any atom is -0.508 e. The molecule has 4 rings (SSSR count). The topological polar surface area (TPSA) is 94.8 Å². The summed E-state index contributed by atoms with van der Waals surface area (Å²) in [4.78, 5) is 25.6. The van der Waals surface area contributed by atoms with E-state index in [0.29, 0.717) is 11.1 Å². The number of benzene rings is 3. The second-order valence-corrected chi connectivity index (χ2v) is 6.27. The number of aryl methyl sites for hydroxylation is 1. The van der Waals surface area contributed by atoms with Gasteiger partial charge in [0.15, 0.2) is 11.6 Å². The van der Waals surface area contributed by atoms with Crippen molar-refractivity contribution in [1.29, 1.82) is 0 Å². The largest absolute Gasteiger partial charge is 0.508 e. The van der Waals surface area contributed by atoms with Gasteiger partial charge in [-0.25, -0.2) is 0 Å². The quantitative estimate of drug-likeness (QED) is 0.458. The summed E-state index contributed by atoms with van der Waals surface area (Å²) in [5, 5.41) is 29.9. The SMILES string of the molecule is Cc1ccc(-c2ccc3c(c2)C(=O)c2c(O)ccc(O)c2C3=O)cc1O. The maximum Gasteiger partial charge on any atom is 0.198 e. The number of carbonyl (C=O) groups excluding carboxylic acids is 2. The molecule has 3 aromatic carbocycles. The van der Waals surface area contributed by atoms with Gasteiger partial charge in [-0.3, -0.25) is 9.59 Å². The summed E-state index contributed by atoms with van der Waals surface area (Å²) in [7, 11) is 0. The molecule has 1 aliphatic rings. The van der Waals surface area contributed by atoms with Crippen LogP contribution in [0, 0.1) is 6.92 Å². The van der Waals surface area contributed by atoms with Gasteiger partial charge in [-0.05, 0) is 53.9 Å². The summed E-state index contributed by atoms with van der Waals surface area (Å²) in [6.07, 6.45) is 0. The molecule has 0 aromatic heterocycles. The van der Waals surface area contributed by atoms with E-state index in [9.17, 15) is 24.9 Å². The first-order valence-electron chi connectivity index (χ1n) is 7.97. The van der Waals surface area contributed by atoms with Gasteiger partial charge >= 0.3 is 0 Å². The van der Waals surface area contributed by atoms with E-state index in [2.05, 4.69) is 0 Å². The second-order valence-electron chi connectivity index (χ2n) is 6.27. The van der Waals surface area contributed by atoms with Gasteiger partial charge in [-0.1, -0.05) is 18.2 Å². The molecule has 0 aliphatic heterocycles. The van der Waals surface area contributed by atoms with Gasteiger partial charge in [-0.15, -0.1) is 0 Å². The van der Waals surface area contributed by atoms with Crippen molar-refractivity contribution in [2.45, 2.75) is 6.92 Å². The zero-order valence-electron chi connectivity index (χ0n) is 13.8. The standard InChI is InChI=1S/C21H14O5/c1-10-2-3-12(9-17(10)24)11-4-5-13-14(8-11)21(26)19-16(23)7-6-15(22)18(19)20(13)25/h2-9,22-24H,1H3. The molecule has 0 bridgehead atoms. The van der Waals surface area contributed by atoms with Gasteiger partial charge in [-0.2, -0.15) is 0 Å². The molecular formula is C21H14O5. The van der Waals surface area contributed by atoms with E-state index in [1.54, 1.807) is 31.2 Å². The van der Waals surface area contributed by atoms with E-state index < -0.39 is 11.6 Å². The number of hydrogen-bond donors (Lipinski definition) is 3. The van der Waals surface area contributed by atoms with Gasteiger partial charge in [0.2, 0.25) is 0 Å². The molecule has 1 aliphatic carbocycles. The van der Waals surface area contributed by atoms with Crippen LogP contribution in [0.25, 0.3) is 11.1 Å². The first-order chi connectivity index (χ1) is 12.4. The first-order valence-corrected chi connectivity index (χ1v) is 7.97. The maximum atomic E-state index is 12.9. The van der Waals surface area contributed by atoms with Crippen molar-refractivity contribution in [2.75, 3.05) is 0 Å². The van der Waals surface area contributed by atoms with Gasteiger partial charge in [0.25, 0.3) is 0 Å². The molecule has 0 atom stereocenters. The van der Waals surface area contributed by atoms with Crippen molar-refractivity contribution in [3.63, 3.8) is 0 Å². The molecule has 3 aromatic rings. The van der Waals surface area contributed by atoms with E-state index in [-0.39, 0.29) is 39.5 Å². The summed E-state index contributed by atoms with van der Waals surface area (Å²) < 4.78 is 0. The fraction of sp³-hybridized carbons (Fsp3) is 0.0476. The van der Waals surface area contributed by atoms with Crippen LogP contribution in [0.3, 0.4) is 0 Å². The van der Waals surface area contributed by atoms with Gasteiger partial charge in [0, 0.05) is 11.1 Å². The van der Waals surface area contributed by atoms with Crippen LogP contribution in [-0.2, 0) is 0 Å². The fourth-order valence-electron chi connectivity index (χ4n) is 3.21. The highest BCUT2D eigenvalue weighted by atomic mass is 16.3. The zero-order chi connectivity index (χ0) is 18.6. The van der Waals surface area contributed by atoms with Gasteiger partial charge in [0.1, 0.15) is 17.2 Å². The van der Waals surface area contributed by atoms with Crippen LogP contribution >= 0.6 is 0 Å². The molecule has 0 saturated carbocycles. The van der Waals surface area contributed by atoms with E-state index in [4.69, 9.17) is 0 Å². The van der Waals surface area contributed by atoms with Crippen LogP contribution in [0.2, 0.25) is 0 Å². The Hall–Kier alpha value is -3.60. The van der Waals surface area contributed by atoms with E-state index in [0.717, 1.165) is 5.56 Å². The molecule has 0 heterocycles. The van der Waals surface area contributed by atoms with Gasteiger partial charge in [0.05, 0.1) is 11.1 Å². The molecular weight excluding hydrogens is 332 g/mol. The highest BCUT2D eigenvalue weighted by Gasteiger charge is 2.34. The average Bonchev–Trinajstić information content (AvgIpc) is 2.63. The van der Waals surface area contributed by atoms with E-state index in [1.807, 2.05) is 6.07 Å². The predicted octanol–water partition coefficient (Wildman–Crippen LogP) is 3.55. The first kappa shape index (κ1) is 15.9. The van der Waals surface area contributed by atoms with Crippen molar-refractivity contribution < 1.29 is 24.9 Å². The Morgan fingerprint density at radius 3 is 1.77 bits per heavy atom. The van der Waals surface area contributed by atoms with Gasteiger partial charge < -0.3 is 15.3 Å². The van der Waals surface area contributed by atoms with Crippen LogP contribution in [0.15, 0.2) is 48.5 Å². The molecule has 5 heteroatoms. The van der Waals surface area contributed by atoms with Crippen molar-refractivity contribution in [3.8, 4) is 28.4 Å². The zero-order valence-corrected chi connectivity index (χ0v) is 13.8. The summed E-state index contributed by atoms with van der Waals surface area (Å²) >= 11 is 0. The molecule has 5 nitrogen and oxygen atoms in total. The summed E-state index contributed by atoms with van der Waals surface area (Å²) in [5.74, 6) is -1.59. The third-order valence-electron chi connectivity index (χ3n) is 4.67. The lowest BCUT2D eigenvalue weighted by atomic mass is 9.82. The number of ketones is 2. The van der Waals surface area contributed by atoms with Crippen molar-refractivity contribution in [3.05, 3.63) is 76.3 Å². The smallest absolute Gasteiger partial charge is 0.198 e. The molecule has 0 saturated heterocycles. The van der Waals surface area contributed by atoms with Crippen molar-refractivity contribution in [2.24, 2.45) is 0 Å². The minimum atomic E-state index is -0.527. The highest BCUT2D eigenvalue weighted by Crippen LogP contribution is 2.39. The number of phenols is 3. The lowest BCUT2D eigenvalue weighted by Crippen LogP contribution is -2.21. The summed E-state index contributed by atoms with van der Waals surface area (Å²) in [6.45, 7) is 1.78. The Kier molecular flexibility index (Phi) is 3.34. The third-order valence-corrected chi connectivity index (χ3v) is 4.67. The molecule has 0 amide bonds. The lowest BCUT2D eigenvalue weighted by Gasteiger charge is -2.20. The van der Waals surface area contributed by atoms with Crippen LogP contribution in [0.4, 0.5) is 0 Å². The van der Waals surface area contributed by atoms with Crippen LogP contribution in [-0.4, -0.2) is 26.9 Å². The average molecular weight is 346 g/mol. The predicted molar refractivity (Wildman–Crippen MR) is 94.9 cm³/mol. The molecule has 0 fully saturated rings. The van der Waals surface area contributed by atoms with Crippen molar-refractivity contribution in [1.82, 2.24) is 0 Å². The summed E-state index contributed by atoms with van der Waals surface area (Å²) in [6, 6.07) is 12.3. The summed E-state index contributed by atoms with van der Waals surface area (Å²) in [5.41, 5.74) is 2.04. The number of rotatable bonds is 1. The molecule has 0 radical (unpaired) electrons. The maximum absolute atomic E-state index is 12.9. The molecule has 26 heavy (non-hydrogen) atoms. The molecule has 128 valence electrons. The second kappa shape index (κ2) is 5.46. The Balaban J connectivity index is 1.91. The number of fused-ring (bicyclic) bond motifs is 2. The van der Waals surface area contributed by atoms with Crippen LogP contribution in [0.1, 0.15) is 37.4 Å². The Labute approximate surface area is 148 Å². The monoisotopic (exact) mass is 346 g/mol. The van der Waals surface area contributed by atoms with Crippen molar-refractivity contribution >= 4 is 11.6 Å². The number of aromatic hydroxyl groups is 3. The normalized spacial score (nSPS) is 12.7. The Morgan fingerprint density at radius 2 is 1.15 bits per heavy atom. The van der Waals surface area contributed by atoms with E-state index in [1.165, 1.54) is 18.2 Å². The lowest BCUT2D eigenvalue weighted by molar-refractivity contribution is 0.0974. The number of hydrogen-bond acceptors (Lipinski definition) is 5. The minimum absolute atomic E-state index is 0.135. The third kappa shape index (κ3) is 2.18. The highest BCUT2D eigenvalue weighted by molar-refractivity contribution is 6.30. The fourth-order valence-corrected chi connectivity index (χ4v) is 3.21. The van der Waals surface area contributed by atoms with E-state index >= 15 is 0 Å². The Morgan fingerprint density at radius 1 is 0.615 bits per heavy atom. The van der Waals surface area contributed by atoms with Crippen LogP contribution < -0.4 is 0 Å². The Bertz CT molecular complexity index is 1110. The number of carbonyl (C=O) groups is 2. The molecule has 0 unspecified atom stereocenters. The molecule has 0 spiro atoms.